The number of carbonyl (C=O) groups is 3. The highest BCUT2D eigenvalue weighted by Crippen LogP contribution is 2.61. The zero-order chi connectivity index (χ0) is 25.4. The van der Waals surface area contributed by atoms with Gasteiger partial charge >= 0.3 is 5.97 Å². The van der Waals surface area contributed by atoms with Crippen LogP contribution in [0, 0.1) is 17.2 Å². The number of hydrogen-bond acceptors (Lipinski definition) is 6. The predicted molar refractivity (Wildman–Crippen MR) is 130 cm³/mol. The monoisotopic (exact) mass is 487 g/mol. The Morgan fingerprint density at radius 3 is 2.83 bits per heavy atom. The van der Waals surface area contributed by atoms with Gasteiger partial charge in [0.05, 0.1) is 37.3 Å². The van der Waals surface area contributed by atoms with E-state index in [1.165, 1.54) is 6.08 Å². The number of carbonyl (C=O) groups excluding carboxylic acids is 2. The Hall–Kier alpha value is -4.16. The van der Waals surface area contributed by atoms with Gasteiger partial charge in [-0.15, -0.1) is 0 Å². The largest absolute Gasteiger partial charge is 0.493 e. The number of hydrogen-bond donors (Lipinski definition) is 3. The molecule has 0 unspecified atom stereocenters. The lowest BCUT2D eigenvalue weighted by Crippen LogP contribution is -2.29. The number of carboxylic acids is 1. The molecule has 2 fully saturated rings. The van der Waals surface area contributed by atoms with Gasteiger partial charge < -0.3 is 25.2 Å². The Morgan fingerprint density at radius 1 is 1.28 bits per heavy atom. The van der Waals surface area contributed by atoms with Crippen molar-refractivity contribution in [1.82, 2.24) is 0 Å². The fraction of sp³-hybridized carbons (Fsp3) is 0.333. The number of anilines is 2. The van der Waals surface area contributed by atoms with Crippen molar-refractivity contribution in [1.29, 1.82) is 5.26 Å². The first-order valence-electron chi connectivity index (χ1n) is 11.8. The summed E-state index contributed by atoms with van der Waals surface area (Å²) in [5.74, 6) is -1.00. The van der Waals surface area contributed by atoms with Crippen molar-refractivity contribution < 1.29 is 29.3 Å². The summed E-state index contributed by atoms with van der Waals surface area (Å²) < 4.78 is 5.85. The number of fused-ring (bicyclic) bond motifs is 2. The second kappa shape index (κ2) is 9.13. The first-order valence-corrected chi connectivity index (χ1v) is 11.8. The second-order valence-corrected chi connectivity index (χ2v) is 9.47. The molecule has 0 bridgehead atoms. The number of aliphatic hydroxyl groups is 1. The van der Waals surface area contributed by atoms with E-state index in [1.807, 2.05) is 12.1 Å². The number of aliphatic hydroxyl groups excluding tert-OH is 1. The standard InChI is InChI=1S/C27H25N3O6/c28-14-16-4-5-17(2-1-3-25(33)34)22(10-16)29-26(35)21-13-27(21)8-9-36-23-7-6-18(11-20(23)27)30-15-19(31)12-24(30)32/h1,3-7,10-11,19,21,31H,2,8-9,12-13,15H2,(H,29,35)(H,33,34)/t19-,21+,27+/m1/s1. The van der Waals surface area contributed by atoms with Gasteiger partial charge in [-0.1, -0.05) is 12.1 Å². The van der Waals surface area contributed by atoms with Crippen LogP contribution in [0.5, 0.6) is 5.75 Å². The minimum atomic E-state index is -1.06. The maximum Gasteiger partial charge on any atom is 0.327 e. The van der Waals surface area contributed by atoms with Crippen LogP contribution in [0.25, 0.3) is 0 Å². The molecule has 3 N–H and O–H groups in total. The van der Waals surface area contributed by atoms with Crippen LogP contribution in [0.2, 0.25) is 0 Å². The molecular weight excluding hydrogens is 462 g/mol. The van der Waals surface area contributed by atoms with Crippen molar-refractivity contribution in [3.8, 4) is 11.8 Å². The maximum absolute atomic E-state index is 13.4. The van der Waals surface area contributed by atoms with Gasteiger partial charge in [-0.25, -0.2) is 4.79 Å². The number of rotatable bonds is 6. The third kappa shape index (κ3) is 4.32. The number of nitrogens with one attached hydrogen (secondary N) is 1. The SMILES string of the molecule is N#Cc1ccc(CC=CC(=O)O)c(NC(=O)[C@@H]2C[C@]23CCOc2ccc(N4C[C@H](O)CC4=O)cc23)c1. The molecule has 1 aliphatic carbocycles. The van der Waals surface area contributed by atoms with Crippen molar-refractivity contribution >= 4 is 29.2 Å². The molecule has 3 atom stereocenters. The third-order valence-electron chi connectivity index (χ3n) is 7.21. The quantitative estimate of drug-likeness (QED) is 0.532. The minimum absolute atomic E-state index is 0.0928. The Bertz CT molecular complexity index is 1330. The molecule has 36 heavy (non-hydrogen) atoms. The lowest BCUT2D eigenvalue weighted by atomic mass is 9.86. The molecule has 2 aromatic carbocycles. The molecule has 9 nitrogen and oxygen atoms in total. The molecule has 2 amide bonds. The molecule has 1 spiro atoms. The molecule has 3 aliphatic rings. The minimum Gasteiger partial charge on any atom is -0.493 e. The van der Waals surface area contributed by atoms with Crippen molar-refractivity contribution in [2.24, 2.45) is 5.92 Å². The highest BCUT2D eigenvalue weighted by molar-refractivity contribution is 5.98. The highest BCUT2D eigenvalue weighted by atomic mass is 16.5. The summed E-state index contributed by atoms with van der Waals surface area (Å²) in [6.45, 7) is 0.719. The summed E-state index contributed by atoms with van der Waals surface area (Å²) in [5, 5.41) is 31.0. The molecule has 2 heterocycles. The van der Waals surface area contributed by atoms with Crippen LogP contribution in [-0.2, 0) is 26.2 Å². The number of amides is 2. The summed E-state index contributed by atoms with van der Waals surface area (Å²) in [6.07, 6.45) is 3.51. The Labute approximate surface area is 207 Å². The average Bonchev–Trinajstić information content (AvgIpc) is 3.47. The number of ether oxygens (including phenoxy) is 1. The van der Waals surface area contributed by atoms with Gasteiger partial charge in [0, 0.05) is 34.3 Å². The zero-order valence-corrected chi connectivity index (χ0v) is 19.4. The molecule has 184 valence electrons. The van der Waals surface area contributed by atoms with Crippen molar-refractivity contribution in [2.75, 3.05) is 23.4 Å². The van der Waals surface area contributed by atoms with Crippen LogP contribution >= 0.6 is 0 Å². The smallest absolute Gasteiger partial charge is 0.327 e. The number of nitrogens with zero attached hydrogens (tertiary/aromatic N) is 2. The van der Waals surface area contributed by atoms with E-state index in [4.69, 9.17) is 9.84 Å². The normalized spacial score (nSPS) is 24.3. The number of carboxylic acid groups (broad SMARTS) is 1. The predicted octanol–water partition coefficient (Wildman–Crippen LogP) is 2.52. The van der Waals surface area contributed by atoms with Crippen molar-refractivity contribution in [2.45, 2.75) is 37.2 Å². The average molecular weight is 488 g/mol. The molecule has 1 saturated heterocycles. The number of aliphatic carboxylic acids is 1. The molecule has 2 aliphatic heterocycles. The van der Waals surface area contributed by atoms with Crippen molar-refractivity contribution in [3.05, 3.63) is 65.2 Å². The molecule has 5 rings (SSSR count). The first-order chi connectivity index (χ1) is 17.3. The number of allylic oxidation sites excluding steroid dienone is 1. The van der Waals surface area contributed by atoms with Crippen LogP contribution in [0.4, 0.5) is 11.4 Å². The van der Waals surface area contributed by atoms with E-state index in [2.05, 4.69) is 11.4 Å². The molecular formula is C27H25N3O6. The zero-order valence-electron chi connectivity index (χ0n) is 19.4. The van der Waals surface area contributed by atoms with Crippen molar-refractivity contribution in [3.63, 3.8) is 0 Å². The van der Waals surface area contributed by atoms with E-state index in [9.17, 15) is 24.8 Å². The highest BCUT2D eigenvalue weighted by Gasteiger charge is 2.61. The maximum atomic E-state index is 13.4. The van der Waals surface area contributed by atoms with E-state index in [0.717, 1.165) is 11.6 Å². The first kappa shape index (κ1) is 23.6. The van der Waals surface area contributed by atoms with Crippen LogP contribution in [-0.4, -0.2) is 47.3 Å². The van der Waals surface area contributed by atoms with Gasteiger partial charge in [0.15, 0.2) is 0 Å². The molecule has 0 aromatic heterocycles. The molecule has 0 radical (unpaired) electrons. The van der Waals surface area contributed by atoms with Crippen LogP contribution in [0.3, 0.4) is 0 Å². The Morgan fingerprint density at radius 2 is 2.11 bits per heavy atom. The number of β-amino-alcohol motifs (C(OH)–C–C–N with tert-alkyl or cyclic N) is 1. The van der Waals surface area contributed by atoms with E-state index >= 15 is 0 Å². The lowest BCUT2D eigenvalue weighted by molar-refractivity contribution is -0.131. The van der Waals surface area contributed by atoms with Gasteiger partial charge in [0.25, 0.3) is 0 Å². The number of nitriles is 1. The van der Waals surface area contributed by atoms with E-state index < -0.39 is 17.5 Å². The van der Waals surface area contributed by atoms with E-state index in [0.29, 0.717) is 54.1 Å². The summed E-state index contributed by atoms with van der Waals surface area (Å²) >= 11 is 0. The summed E-state index contributed by atoms with van der Waals surface area (Å²) in [4.78, 5) is 38.1. The Kier molecular flexibility index (Phi) is 5.98. The fourth-order valence-electron chi connectivity index (χ4n) is 5.29. The van der Waals surface area contributed by atoms with Gasteiger partial charge in [-0.05, 0) is 55.2 Å². The summed E-state index contributed by atoms with van der Waals surface area (Å²) in [6, 6.07) is 12.5. The lowest BCUT2D eigenvalue weighted by Gasteiger charge is -2.29. The van der Waals surface area contributed by atoms with Gasteiger partial charge in [-0.3, -0.25) is 9.59 Å². The van der Waals surface area contributed by atoms with Crippen LogP contribution < -0.4 is 15.0 Å². The summed E-state index contributed by atoms with van der Waals surface area (Å²) in [7, 11) is 0. The number of benzene rings is 2. The molecule has 2 aromatic rings. The van der Waals surface area contributed by atoms with Gasteiger partial charge in [0.2, 0.25) is 11.8 Å². The fourth-order valence-corrected chi connectivity index (χ4v) is 5.29. The van der Waals surface area contributed by atoms with Gasteiger partial charge in [-0.2, -0.15) is 5.26 Å². The topological polar surface area (TPSA) is 140 Å². The second-order valence-electron chi connectivity index (χ2n) is 9.47. The third-order valence-corrected chi connectivity index (χ3v) is 7.21. The Balaban J connectivity index is 1.39. The molecule has 1 saturated carbocycles. The van der Waals surface area contributed by atoms with Crippen LogP contribution in [0.15, 0.2) is 48.6 Å². The molecule has 9 heteroatoms. The summed E-state index contributed by atoms with van der Waals surface area (Å²) in [5.41, 5.74) is 2.73. The van der Waals surface area contributed by atoms with E-state index in [1.54, 1.807) is 29.2 Å². The van der Waals surface area contributed by atoms with Gasteiger partial charge in [0.1, 0.15) is 5.75 Å². The van der Waals surface area contributed by atoms with Crippen LogP contribution in [0.1, 0.15) is 36.0 Å². The van der Waals surface area contributed by atoms with E-state index in [-0.39, 0.29) is 30.7 Å².